The van der Waals surface area contributed by atoms with Gasteiger partial charge in [-0.15, -0.1) is 11.3 Å². The van der Waals surface area contributed by atoms with E-state index in [-0.39, 0.29) is 17.4 Å². The summed E-state index contributed by atoms with van der Waals surface area (Å²) in [7, 11) is -2.17. The highest BCUT2D eigenvalue weighted by Gasteiger charge is 2.35. The van der Waals surface area contributed by atoms with Crippen LogP contribution in [0, 0.1) is 6.92 Å². The quantitative estimate of drug-likeness (QED) is 0.581. The smallest absolute Gasteiger partial charge is 0.262 e. The van der Waals surface area contributed by atoms with Crippen molar-refractivity contribution >= 4 is 27.3 Å². The van der Waals surface area contributed by atoms with E-state index < -0.39 is 16.1 Å². The SMILES string of the molecule is Cc1ccsc1CN1CCCN(S(=O)(=O)c2cn(C)cn2)C(c2ccccc2)CC(=O)NCC1. The van der Waals surface area contributed by atoms with Crippen molar-refractivity contribution in [3.8, 4) is 0 Å². The molecule has 0 bridgehead atoms. The van der Waals surface area contributed by atoms with Gasteiger partial charge in [-0.05, 0) is 42.5 Å². The number of rotatable bonds is 5. The summed E-state index contributed by atoms with van der Waals surface area (Å²) in [6.07, 6.45) is 3.69. The summed E-state index contributed by atoms with van der Waals surface area (Å²) < 4.78 is 30.5. The fourth-order valence-electron chi connectivity index (χ4n) is 4.24. The van der Waals surface area contributed by atoms with E-state index in [1.165, 1.54) is 27.3 Å². The van der Waals surface area contributed by atoms with Gasteiger partial charge < -0.3 is 9.88 Å². The number of nitrogens with one attached hydrogen (secondary N) is 1. The standard InChI is InChI=1S/C24H31N5O3S2/c1-19-9-14-33-22(19)16-28-11-6-12-29(34(31,32)24-17-27(2)18-26-24)21(15-23(30)25-10-13-28)20-7-4-3-5-8-20/h3-5,7-9,14,17-18,21H,6,10-13,15-16H2,1-2H3,(H,25,30). The molecular formula is C24H31N5O3S2. The molecule has 3 aromatic rings. The van der Waals surface area contributed by atoms with E-state index in [0.717, 1.165) is 18.7 Å². The van der Waals surface area contributed by atoms with Crippen molar-refractivity contribution in [1.29, 1.82) is 0 Å². The van der Waals surface area contributed by atoms with Gasteiger partial charge in [-0.25, -0.2) is 13.4 Å². The number of carbonyl (C=O) groups is 1. The highest BCUT2D eigenvalue weighted by atomic mass is 32.2. The monoisotopic (exact) mass is 501 g/mol. The lowest BCUT2D eigenvalue weighted by molar-refractivity contribution is -0.122. The van der Waals surface area contributed by atoms with Gasteiger partial charge in [0.05, 0.1) is 12.4 Å². The Hall–Kier alpha value is -2.53. The zero-order chi connectivity index (χ0) is 24.1. The molecule has 1 atom stereocenters. The van der Waals surface area contributed by atoms with Crippen LogP contribution >= 0.6 is 11.3 Å². The number of thiophene rings is 1. The van der Waals surface area contributed by atoms with Gasteiger partial charge in [-0.2, -0.15) is 4.31 Å². The summed E-state index contributed by atoms with van der Waals surface area (Å²) in [5.41, 5.74) is 2.05. The molecule has 1 N–H and O–H groups in total. The number of amides is 1. The summed E-state index contributed by atoms with van der Waals surface area (Å²) in [6, 6.07) is 10.9. The molecule has 1 aromatic carbocycles. The molecule has 1 fully saturated rings. The first-order chi connectivity index (χ1) is 16.3. The molecule has 2 aromatic heterocycles. The van der Waals surface area contributed by atoms with Crippen molar-refractivity contribution in [2.24, 2.45) is 7.05 Å². The molecule has 3 heterocycles. The van der Waals surface area contributed by atoms with Crippen LogP contribution in [0.25, 0.3) is 0 Å². The molecule has 34 heavy (non-hydrogen) atoms. The average molecular weight is 502 g/mol. The van der Waals surface area contributed by atoms with E-state index in [4.69, 9.17) is 0 Å². The maximum Gasteiger partial charge on any atom is 0.262 e. The van der Waals surface area contributed by atoms with Crippen LogP contribution in [0.4, 0.5) is 0 Å². The lowest BCUT2D eigenvalue weighted by Gasteiger charge is -2.30. The first-order valence-electron chi connectivity index (χ1n) is 11.4. The molecule has 182 valence electrons. The zero-order valence-corrected chi connectivity index (χ0v) is 21.2. The minimum absolute atomic E-state index is 0.00252. The van der Waals surface area contributed by atoms with Crippen LogP contribution in [-0.4, -0.2) is 59.3 Å². The predicted molar refractivity (Wildman–Crippen MR) is 133 cm³/mol. The summed E-state index contributed by atoms with van der Waals surface area (Å²) in [5, 5.41) is 5.09. The van der Waals surface area contributed by atoms with Crippen molar-refractivity contribution in [3.63, 3.8) is 0 Å². The third-order valence-corrected chi connectivity index (χ3v) is 8.91. The van der Waals surface area contributed by atoms with Gasteiger partial charge in [0.25, 0.3) is 10.0 Å². The molecule has 4 rings (SSSR count). The topological polar surface area (TPSA) is 87.5 Å². The lowest BCUT2D eigenvalue weighted by atomic mass is 10.0. The molecule has 0 aliphatic carbocycles. The highest BCUT2D eigenvalue weighted by Crippen LogP contribution is 2.30. The fourth-order valence-corrected chi connectivity index (χ4v) is 6.81. The summed E-state index contributed by atoms with van der Waals surface area (Å²) in [4.78, 5) is 20.6. The number of benzene rings is 1. The third-order valence-electron chi connectivity index (χ3n) is 6.10. The molecule has 1 saturated heterocycles. The summed E-state index contributed by atoms with van der Waals surface area (Å²) >= 11 is 1.73. The molecule has 0 saturated carbocycles. The number of imidazole rings is 1. The number of aryl methyl sites for hydroxylation is 2. The van der Waals surface area contributed by atoms with Gasteiger partial charge in [-0.1, -0.05) is 30.3 Å². The molecule has 10 heteroatoms. The number of sulfonamides is 1. The molecular weight excluding hydrogens is 470 g/mol. The van der Waals surface area contributed by atoms with Crippen molar-refractivity contribution in [2.75, 3.05) is 26.2 Å². The number of hydrogen-bond acceptors (Lipinski definition) is 6. The van der Waals surface area contributed by atoms with Crippen LogP contribution in [0.3, 0.4) is 0 Å². The Balaban J connectivity index is 1.65. The minimum atomic E-state index is -3.91. The second kappa shape index (κ2) is 10.8. The second-order valence-electron chi connectivity index (χ2n) is 8.63. The second-order valence-corrected chi connectivity index (χ2v) is 11.5. The Labute approximate surface area is 205 Å². The minimum Gasteiger partial charge on any atom is -0.355 e. The zero-order valence-electron chi connectivity index (χ0n) is 19.6. The van der Waals surface area contributed by atoms with E-state index in [9.17, 15) is 13.2 Å². The van der Waals surface area contributed by atoms with E-state index in [2.05, 4.69) is 33.6 Å². The van der Waals surface area contributed by atoms with Gasteiger partial charge in [0.15, 0.2) is 5.03 Å². The van der Waals surface area contributed by atoms with Gasteiger partial charge in [0.2, 0.25) is 5.91 Å². The first kappa shape index (κ1) is 24.6. The normalized spacial score (nSPS) is 19.5. The Morgan fingerprint density at radius 2 is 1.94 bits per heavy atom. The van der Waals surface area contributed by atoms with E-state index in [1.54, 1.807) is 23.0 Å². The van der Waals surface area contributed by atoms with Crippen molar-refractivity contribution in [1.82, 2.24) is 24.1 Å². The van der Waals surface area contributed by atoms with E-state index in [1.807, 2.05) is 30.3 Å². The number of carbonyl (C=O) groups excluding carboxylic acids is 1. The van der Waals surface area contributed by atoms with Crippen molar-refractivity contribution < 1.29 is 13.2 Å². The largest absolute Gasteiger partial charge is 0.355 e. The molecule has 1 aliphatic rings. The van der Waals surface area contributed by atoms with E-state index >= 15 is 0 Å². The first-order valence-corrected chi connectivity index (χ1v) is 13.7. The van der Waals surface area contributed by atoms with Crippen LogP contribution in [0.1, 0.15) is 34.9 Å². The molecule has 1 aliphatic heterocycles. The highest BCUT2D eigenvalue weighted by molar-refractivity contribution is 7.89. The fraction of sp³-hybridized carbons (Fsp3) is 0.417. The number of nitrogens with zero attached hydrogens (tertiary/aromatic N) is 4. The lowest BCUT2D eigenvalue weighted by Crippen LogP contribution is -2.39. The molecule has 0 radical (unpaired) electrons. The Morgan fingerprint density at radius 1 is 1.15 bits per heavy atom. The van der Waals surface area contributed by atoms with Crippen molar-refractivity contribution in [2.45, 2.75) is 37.4 Å². The third kappa shape index (κ3) is 5.75. The Kier molecular flexibility index (Phi) is 7.82. The maximum atomic E-state index is 13.7. The Bertz CT molecular complexity index is 1210. The van der Waals surface area contributed by atoms with Gasteiger partial charge in [-0.3, -0.25) is 9.69 Å². The average Bonchev–Trinajstić information content (AvgIpc) is 3.43. The van der Waals surface area contributed by atoms with Crippen LogP contribution in [0.15, 0.2) is 59.3 Å². The van der Waals surface area contributed by atoms with Gasteiger partial charge >= 0.3 is 0 Å². The van der Waals surface area contributed by atoms with Crippen molar-refractivity contribution in [3.05, 3.63) is 70.3 Å². The van der Waals surface area contributed by atoms with E-state index in [0.29, 0.717) is 26.1 Å². The molecule has 8 nitrogen and oxygen atoms in total. The van der Waals surface area contributed by atoms with Crippen LogP contribution in [0.2, 0.25) is 0 Å². The Morgan fingerprint density at radius 3 is 2.62 bits per heavy atom. The maximum absolute atomic E-state index is 13.7. The van der Waals surface area contributed by atoms with Crippen LogP contribution in [0.5, 0.6) is 0 Å². The van der Waals surface area contributed by atoms with Crippen LogP contribution in [-0.2, 0) is 28.4 Å². The molecule has 1 unspecified atom stereocenters. The number of aromatic nitrogens is 2. The van der Waals surface area contributed by atoms with Crippen LogP contribution < -0.4 is 5.32 Å². The van der Waals surface area contributed by atoms with Gasteiger partial charge in [0, 0.05) is 50.7 Å². The summed E-state index contributed by atoms with van der Waals surface area (Å²) in [6.45, 7) is 5.15. The van der Waals surface area contributed by atoms with Gasteiger partial charge in [0.1, 0.15) is 0 Å². The predicted octanol–water partition coefficient (Wildman–Crippen LogP) is 2.93. The molecule has 0 spiro atoms. The molecule has 1 amide bonds. The summed E-state index contributed by atoms with van der Waals surface area (Å²) in [5.74, 6) is -0.163. The number of hydrogen-bond donors (Lipinski definition) is 1.